The quantitative estimate of drug-likeness (QED) is 0.608. The Morgan fingerprint density at radius 2 is 2.10 bits per heavy atom. The van der Waals surface area contributed by atoms with E-state index in [1.165, 1.54) is 27.1 Å². The Morgan fingerprint density at radius 3 is 2.83 bits per heavy atom. The van der Waals surface area contributed by atoms with E-state index in [4.69, 9.17) is 0 Å². The average molecular weight is 433 g/mol. The third-order valence-corrected chi connectivity index (χ3v) is 7.08. The van der Waals surface area contributed by atoms with Gasteiger partial charge in [0.2, 0.25) is 5.91 Å². The van der Waals surface area contributed by atoms with E-state index in [9.17, 15) is 9.59 Å². The highest BCUT2D eigenvalue weighted by Crippen LogP contribution is 2.26. The van der Waals surface area contributed by atoms with Crippen LogP contribution in [0.5, 0.6) is 0 Å². The van der Waals surface area contributed by atoms with E-state index < -0.39 is 0 Å². The summed E-state index contributed by atoms with van der Waals surface area (Å²) in [6, 6.07) is 4.04. The van der Waals surface area contributed by atoms with E-state index in [0.29, 0.717) is 16.9 Å². The number of hydrogen-bond acceptors (Lipinski definition) is 8. The van der Waals surface area contributed by atoms with Crippen LogP contribution in [0, 0.1) is 0 Å². The number of rotatable bonds is 7. The number of piperazine rings is 1. The van der Waals surface area contributed by atoms with Crippen LogP contribution in [-0.4, -0.2) is 64.6 Å². The van der Waals surface area contributed by atoms with Crippen LogP contribution in [0.1, 0.15) is 11.8 Å². The number of amides is 1. The van der Waals surface area contributed by atoms with E-state index >= 15 is 0 Å². The number of hydrogen-bond donors (Lipinski definition) is 1. The maximum Gasteiger partial charge on any atom is 0.273 e. The van der Waals surface area contributed by atoms with E-state index in [0.717, 1.165) is 44.3 Å². The van der Waals surface area contributed by atoms with Crippen molar-refractivity contribution in [1.29, 1.82) is 0 Å². The average Bonchev–Trinajstić information content (AvgIpc) is 3.40. The molecule has 0 aliphatic carbocycles. The number of carbonyl (C=O) groups excluding carboxylic acids is 1. The predicted octanol–water partition coefficient (Wildman–Crippen LogP) is 1.42. The van der Waals surface area contributed by atoms with Gasteiger partial charge in [0.25, 0.3) is 5.56 Å². The first-order chi connectivity index (χ1) is 14.1. The van der Waals surface area contributed by atoms with Gasteiger partial charge >= 0.3 is 0 Å². The summed E-state index contributed by atoms with van der Waals surface area (Å²) in [4.78, 5) is 39.7. The lowest BCUT2D eigenvalue weighted by molar-refractivity contribution is -0.121. The highest BCUT2D eigenvalue weighted by molar-refractivity contribution is 7.22. The molecule has 1 amide bonds. The molecule has 4 heterocycles. The SMILES string of the molecule is CCN1CCN(c2nc3ncn(CC(=O)NCCc4cccs4)c(=O)c3s2)CC1. The van der Waals surface area contributed by atoms with E-state index in [1.54, 1.807) is 11.3 Å². The number of fused-ring (bicyclic) bond motifs is 1. The molecule has 8 nitrogen and oxygen atoms in total. The summed E-state index contributed by atoms with van der Waals surface area (Å²) < 4.78 is 1.87. The molecule has 1 fully saturated rings. The molecular weight excluding hydrogens is 408 g/mol. The number of aromatic nitrogens is 3. The Bertz CT molecular complexity index is 1020. The Morgan fingerprint density at radius 1 is 1.28 bits per heavy atom. The Kier molecular flexibility index (Phi) is 6.22. The van der Waals surface area contributed by atoms with Gasteiger partial charge in [-0.25, -0.2) is 4.98 Å². The zero-order valence-corrected chi connectivity index (χ0v) is 18.0. The molecular formula is C19H24N6O2S2. The largest absolute Gasteiger partial charge is 0.354 e. The summed E-state index contributed by atoms with van der Waals surface area (Å²) in [5.41, 5.74) is 0.252. The molecule has 0 saturated carbocycles. The van der Waals surface area contributed by atoms with Gasteiger partial charge in [0.05, 0.1) is 0 Å². The monoisotopic (exact) mass is 432 g/mol. The van der Waals surface area contributed by atoms with Gasteiger partial charge in [0, 0.05) is 37.6 Å². The van der Waals surface area contributed by atoms with Crippen LogP contribution in [0.2, 0.25) is 0 Å². The van der Waals surface area contributed by atoms with Crippen LogP contribution in [0.25, 0.3) is 10.3 Å². The molecule has 1 aliphatic heterocycles. The van der Waals surface area contributed by atoms with Crippen molar-refractivity contribution in [2.75, 3.05) is 44.2 Å². The fourth-order valence-electron chi connectivity index (χ4n) is 3.33. The summed E-state index contributed by atoms with van der Waals surface area (Å²) >= 11 is 3.04. The molecule has 1 saturated heterocycles. The van der Waals surface area contributed by atoms with Gasteiger partial charge < -0.3 is 15.1 Å². The normalized spacial score (nSPS) is 15.1. The van der Waals surface area contributed by atoms with E-state index in [1.807, 2.05) is 17.5 Å². The minimum atomic E-state index is -0.209. The third-order valence-electron chi connectivity index (χ3n) is 5.05. The minimum Gasteiger partial charge on any atom is -0.354 e. The summed E-state index contributed by atoms with van der Waals surface area (Å²) in [5, 5.41) is 5.72. The van der Waals surface area contributed by atoms with Gasteiger partial charge in [0.1, 0.15) is 17.6 Å². The second-order valence-electron chi connectivity index (χ2n) is 6.93. The van der Waals surface area contributed by atoms with Crippen LogP contribution in [0.15, 0.2) is 28.6 Å². The number of carbonyl (C=O) groups is 1. The highest BCUT2D eigenvalue weighted by Gasteiger charge is 2.20. The summed E-state index contributed by atoms with van der Waals surface area (Å²) in [7, 11) is 0. The smallest absolute Gasteiger partial charge is 0.273 e. The fourth-order valence-corrected chi connectivity index (χ4v) is 5.06. The maximum absolute atomic E-state index is 12.8. The van der Waals surface area contributed by atoms with Crippen molar-refractivity contribution in [2.24, 2.45) is 0 Å². The first-order valence-corrected chi connectivity index (χ1v) is 11.5. The Labute approximate surface area is 176 Å². The lowest BCUT2D eigenvalue weighted by atomic mass is 10.3. The molecule has 1 N–H and O–H groups in total. The Balaban J connectivity index is 1.41. The number of nitrogens with zero attached hydrogens (tertiary/aromatic N) is 5. The predicted molar refractivity (Wildman–Crippen MR) is 117 cm³/mol. The van der Waals surface area contributed by atoms with Crippen molar-refractivity contribution >= 4 is 44.1 Å². The zero-order valence-electron chi connectivity index (χ0n) is 16.3. The van der Waals surface area contributed by atoms with Gasteiger partial charge in [-0.05, 0) is 24.4 Å². The van der Waals surface area contributed by atoms with Crippen molar-refractivity contribution < 1.29 is 4.79 Å². The topological polar surface area (TPSA) is 83.4 Å². The second-order valence-corrected chi connectivity index (χ2v) is 8.94. The van der Waals surface area contributed by atoms with Gasteiger partial charge in [-0.1, -0.05) is 24.3 Å². The van der Waals surface area contributed by atoms with Gasteiger partial charge in [0.15, 0.2) is 10.8 Å². The molecule has 0 spiro atoms. The van der Waals surface area contributed by atoms with Crippen LogP contribution in [0.3, 0.4) is 0 Å². The summed E-state index contributed by atoms with van der Waals surface area (Å²) in [5.74, 6) is -0.190. The molecule has 1 aliphatic rings. The fraction of sp³-hybridized carbons (Fsp3) is 0.474. The number of nitrogens with one attached hydrogen (secondary N) is 1. The molecule has 3 aromatic rings. The number of anilines is 1. The molecule has 4 rings (SSSR count). The molecule has 154 valence electrons. The van der Waals surface area contributed by atoms with Crippen molar-refractivity contribution in [2.45, 2.75) is 19.9 Å². The standard InChI is InChI=1S/C19H24N6O2S2/c1-2-23-7-9-24(10-8-23)19-22-17-16(29-19)18(27)25(13-21-17)12-15(26)20-6-5-14-4-3-11-28-14/h3-4,11,13H,2,5-10,12H2,1H3,(H,20,26). The van der Waals surface area contributed by atoms with Crippen LogP contribution < -0.4 is 15.8 Å². The highest BCUT2D eigenvalue weighted by atomic mass is 32.1. The first-order valence-electron chi connectivity index (χ1n) is 9.76. The zero-order chi connectivity index (χ0) is 20.2. The van der Waals surface area contributed by atoms with E-state index in [-0.39, 0.29) is 18.0 Å². The van der Waals surface area contributed by atoms with Crippen LogP contribution in [-0.2, 0) is 17.8 Å². The molecule has 10 heteroatoms. The van der Waals surface area contributed by atoms with Gasteiger partial charge in [-0.15, -0.1) is 11.3 Å². The maximum atomic E-state index is 12.8. The molecule has 0 aromatic carbocycles. The molecule has 0 radical (unpaired) electrons. The molecule has 3 aromatic heterocycles. The van der Waals surface area contributed by atoms with E-state index in [2.05, 4.69) is 32.0 Å². The molecule has 0 bridgehead atoms. The molecule has 0 atom stereocenters. The van der Waals surface area contributed by atoms with Crippen molar-refractivity contribution in [3.05, 3.63) is 39.1 Å². The van der Waals surface area contributed by atoms with Crippen molar-refractivity contribution in [3.8, 4) is 0 Å². The van der Waals surface area contributed by atoms with Gasteiger partial charge in [-0.3, -0.25) is 14.2 Å². The third kappa shape index (κ3) is 4.65. The second kappa shape index (κ2) is 9.02. The van der Waals surface area contributed by atoms with Gasteiger partial charge in [-0.2, -0.15) is 4.98 Å². The van der Waals surface area contributed by atoms with Crippen LogP contribution >= 0.6 is 22.7 Å². The Hall–Kier alpha value is -2.30. The molecule has 29 heavy (non-hydrogen) atoms. The van der Waals surface area contributed by atoms with Crippen molar-refractivity contribution in [3.63, 3.8) is 0 Å². The number of likely N-dealkylation sites (N-methyl/N-ethyl adjacent to an activating group) is 1. The number of thiophene rings is 1. The molecule has 0 unspecified atom stereocenters. The lowest BCUT2D eigenvalue weighted by Gasteiger charge is -2.33. The number of thiazole rings is 1. The summed E-state index contributed by atoms with van der Waals surface area (Å²) in [6.07, 6.45) is 2.21. The van der Waals surface area contributed by atoms with Crippen molar-refractivity contribution in [1.82, 2.24) is 24.8 Å². The lowest BCUT2D eigenvalue weighted by Crippen LogP contribution is -2.46. The minimum absolute atomic E-state index is 0.0331. The summed E-state index contributed by atoms with van der Waals surface area (Å²) in [6.45, 7) is 7.52. The van der Waals surface area contributed by atoms with Crippen LogP contribution in [0.4, 0.5) is 5.13 Å². The first kappa shape index (κ1) is 20.0.